The molecule has 0 radical (unpaired) electrons. The van der Waals surface area contributed by atoms with E-state index in [1.54, 1.807) is 0 Å². The Hall–Kier alpha value is -1.52. The molecule has 0 aliphatic carbocycles. The predicted octanol–water partition coefficient (Wildman–Crippen LogP) is 3.18. The van der Waals surface area contributed by atoms with Crippen LogP contribution >= 0.6 is 0 Å². The largest absolute Gasteiger partial charge is 0.490 e. The molecular weight excluding hydrogens is 264 g/mol. The van der Waals surface area contributed by atoms with E-state index in [0.29, 0.717) is 13.2 Å². The predicted molar refractivity (Wildman–Crippen MR) is 86.8 cm³/mol. The summed E-state index contributed by atoms with van der Waals surface area (Å²) >= 11 is 0. The second-order valence-electron chi connectivity index (χ2n) is 5.47. The Balaban J connectivity index is 2.14. The lowest BCUT2D eigenvalue weighted by atomic mass is 10.2. The summed E-state index contributed by atoms with van der Waals surface area (Å²) in [6.45, 7) is 8.27. The van der Waals surface area contributed by atoms with Crippen LogP contribution in [-0.2, 0) is 11.3 Å². The van der Waals surface area contributed by atoms with Crippen molar-refractivity contribution in [3.8, 4) is 5.75 Å². The van der Waals surface area contributed by atoms with Gasteiger partial charge >= 0.3 is 0 Å². The van der Waals surface area contributed by atoms with Crippen LogP contribution in [-0.4, -0.2) is 29.9 Å². The van der Waals surface area contributed by atoms with Gasteiger partial charge in [-0.3, -0.25) is 0 Å². The van der Waals surface area contributed by atoms with Gasteiger partial charge in [0.1, 0.15) is 5.75 Å². The van der Waals surface area contributed by atoms with Crippen LogP contribution in [0.5, 0.6) is 5.75 Å². The van der Waals surface area contributed by atoms with E-state index in [1.807, 2.05) is 32.9 Å². The molecule has 2 N–H and O–H groups in total. The number of aryl methyl sites for hydroxylation is 1. The molecule has 4 heteroatoms. The van der Waals surface area contributed by atoms with Crippen LogP contribution < -0.4 is 10.5 Å². The van der Waals surface area contributed by atoms with Gasteiger partial charge in [-0.2, -0.15) is 0 Å². The third-order valence-corrected chi connectivity index (χ3v) is 3.49. The number of fused-ring (bicyclic) bond motifs is 1. The number of hydrogen-bond donors (Lipinski definition) is 1. The van der Waals surface area contributed by atoms with E-state index in [2.05, 4.69) is 22.9 Å². The fourth-order valence-electron chi connectivity index (χ4n) is 2.53. The Morgan fingerprint density at radius 1 is 1.24 bits per heavy atom. The third-order valence-electron chi connectivity index (χ3n) is 3.49. The Morgan fingerprint density at radius 3 is 2.71 bits per heavy atom. The van der Waals surface area contributed by atoms with Crippen molar-refractivity contribution in [1.29, 1.82) is 0 Å². The molecule has 0 amide bonds. The minimum Gasteiger partial charge on any atom is -0.490 e. The summed E-state index contributed by atoms with van der Waals surface area (Å²) in [5.41, 5.74) is 6.93. The van der Waals surface area contributed by atoms with Crippen LogP contribution in [0.15, 0.2) is 30.5 Å². The number of aromatic nitrogens is 1. The number of benzene rings is 1. The molecule has 2 rings (SSSR count). The van der Waals surface area contributed by atoms with Crippen molar-refractivity contribution in [2.45, 2.75) is 45.9 Å². The highest BCUT2D eigenvalue weighted by Crippen LogP contribution is 2.27. The molecule has 0 aliphatic rings. The molecule has 0 saturated heterocycles. The Bertz CT molecular complexity index is 563. The van der Waals surface area contributed by atoms with E-state index in [1.165, 1.54) is 5.52 Å². The van der Waals surface area contributed by atoms with Gasteiger partial charge < -0.3 is 19.8 Å². The van der Waals surface area contributed by atoms with Crippen molar-refractivity contribution in [2.75, 3.05) is 13.2 Å². The molecular formula is C17H26N2O2. The first kappa shape index (κ1) is 15.9. The minimum atomic E-state index is 0.127. The monoisotopic (exact) mass is 290 g/mol. The van der Waals surface area contributed by atoms with Crippen molar-refractivity contribution in [1.82, 2.24) is 4.57 Å². The summed E-state index contributed by atoms with van der Waals surface area (Å²) in [5, 5.41) is 1.16. The van der Waals surface area contributed by atoms with Crippen LogP contribution in [0.25, 0.3) is 10.9 Å². The highest BCUT2D eigenvalue weighted by Gasteiger charge is 2.10. The smallest absolute Gasteiger partial charge is 0.129 e. The Kier molecular flexibility index (Phi) is 5.65. The van der Waals surface area contributed by atoms with Crippen molar-refractivity contribution >= 4 is 10.9 Å². The van der Waals surface area contributed by atoms with Crippen LogP contribution in [0.4, 0.5) is 0 Å². The Morgan fingerprint density at radius 2 is 2.05 bits per heavy atom. The highest BCUT2D eigenvalue weighted by molar-refractivity contribution is 5.86. The SMILES string of the molecule is CCOC(CN)CCn1ccc2c(OC(C)C)cccc21. The molecule has 116 valence electrons. The molecule has 0 fully saturated rings. The molecule has 0 aliphatic heterocycles. The summed E-state index contributed by atoms with van der Waals surface area (Å²) in [7, 11) is 0. The summed E-state index contributed by atoms with van der Waals surface area (Å²) in [6, 6.07) is 8.31. The molecule has 1 atom stereocenters. The maximum absolute atomic E-state index is 5.87. The summed E-state index contributed by atoms with van der Waals surface area (Å²) in [6.07, 6.45) is 3.34. The standard InChI is InChI=1S/C17H26N2O2/c1-4-20-14(12-18)8-10-19-11-9-15-16(19)6-5-7-17(15)21-13(2)3/h5-7,9,11,13-14H,4,8,10,12,18H2,1-3H3. The second kappa shape index (κ2) is 7.48. The fraction of sp³-hybridized carbons (Fsp3) is 0.529. The minimum absolute atomic E-state index is 0.127. The van der Waals surface area contributed by atoms with Gasteiger partial charge in [0, 0.05) is 31.3 Å². The van der Waals surface area contributed by atoms with Crippen LogP contribution in [0.3, 0.4) is 0 Å². The molecule has 1 aromatic heterocycles. The van der Waals surface area contributed by atoms with Gasteiger partial charge in [-0.15, -0.1) is 0 Å². The molecule has 0 saturated carbocycles. The molecule has 1 unspecified atom stereocenters. The number of nitrogens with zero attached hydrogens (tertiary/aromatic N) is 1. The first-order chi connectivity index (χ1) is 10.2. The van der Waals surface area contributed by atoms with E-state index in [9.17, 15) is 0 Å². The number of rotatable bonds is 8. The lowest BCUT2D eigenvalue weighted by Gasteiger charge is -2.16. The molecule has 4 nitrogen and oxygen atoms in total. The van der Waals surface area contributed by atoms with Gasteiger partial charge in [0.25, 0.3) is 0 Å². The molecule has 1 aromatic carbocycles. The second-order valence-corrected chi connectivity index (χ2v) is 5.47. The highest BCUT2D eigenvalue weighted by atomic mass is 16.5. The average Bonchev–Trinajstić information content (AvgIpc) is 2.87. The number of hydrogen-bond acceptors (Lipinski definition) is 3. The zero-order chi connectivity index (χ0) is 15.2. The van der Waals surface area contributed by atoms with Crippen molar-refractivity contribution in [2.24, 2.45) is 5.73 Å². The van der Waals surface area contributed by atoms with E-state index >= 15 is 0 Å². The van der Waals surface area contributed by atoms with Crippen LogP contribution in [0, 0.1) is 0 Å². The topological polar surface area (TPSA) is 49.4 Å². The quantitative estimate of drug-likeness (QED) is 0.812. The van der Waals surface area contributed by atoms with Gasteiger partial charge in [-0.05, 0) is 45.4 Å². The first-order valence-electron chi connectivity index (χ1n) is 7.71. The maximum Gasteiger partial charge on any atom is 0.129 e. The molecule has 0 spiro atoms. The number of ether oxygens (including phenoxy) is 2. The maximum atomic E-state index is 5.87. The number of nitrogens with two attached hydrogens (primary N) is 1. The van der Waals surface area contributed by atoms with Gasteiger partial charge in [0.15, 0.2) is 0 Å². The molecule has 1 heterocycles. The lowest BCUT2D eigenvalue weighted by molar-refractivity contribution is 0.0601. The molecule has 0 bridgehead atoms. The van der Waals surface area contributed by atoms with E-state index in [4.69, 9.17) is 15.2 Å². The normalized spacial score (nSPS) is 13.0. The average molecular weight is 290 g/mol. The van der Waals surface area contributed by atoms with Crippen LogP contribution in [0.1, 0.15) is 27.2 Å². The summed E-state index contributed by atoms with van der Waals surface area (Å²) in [5.74, 6) is 0.946. The summed E-state index contributed by atoms with van der Waals surface area (Å²) in [4.78, 5) is 0. The van der Waals surface area contributed by atoms with Crippen molar-refractivity contribution in [3.05, 3.63) is 30.5 Å². The molecule has 2 aromatic rings. The lowest BCUT2D eigenvalue weighted by Crippen LogP contribution is -2.25. The Labute approximate surface area is 126 Å². The van der Waals surface area contributed by atoms with Gasteiger partial charge in [-0.25, -0.2) is 0 Å². The van der Waals surface area contributed by atoms with E-state index in [0.717, 1.165) is 24.1 Å². The van der Waals surface area contributed by atoms with E-state index < -0.39 is 0 Å². The van der Waals surface area contributed by atoms with Gasteiger partial charge in [0.2, 0.25) is 0 Å². The van der Waals surface area contributed by atoms with Gasteiger partial charge in [0.05, 0.1) is 17.7 Å². The first-order valence-corrected chi connectivity index (χ1v) is 7.71. The zero-order valence-electron chi connectivity index (χ0n) is 13.2. The van der Waals surface area contributed by atoms with Crippen molar-refractivity contribution < 1.29 is 9.47 Å². The fourth-order valence-corrected chi connectivity index (χ4v) is 2.53. The third kappa shape index (κ3) is 3.99. The van der Waals surface area contributed by atoms with E-state index in [-0.39, 0.29) is 12.2 Å². The van der Waals surface area contributed by atoms with Crippen molar-refractivity contribution in [3.63, 3.8) is 0 Å². The molecule has 21 heavy (non-hydrogen) atoms. The van der Waals surface area contributed by atoms with Crippen LogP contribution in [0.2, 0.25) is 0 Å². The zero-order valence-corrected chi connectivity index (χ0v) is 13.2. The summed E-state index contributed by atoms with van der Waals surface area (Å²) < 4.78 is 13.7. The van der Waals surface area contributed by atoms with Gasteiger partial charge in [-0.1, -0.05) is 6.07 Å².